The number of aryl methyl sites for hydroxylation is 1. The summed E-state index contributed by atoms with van der Waals surface area (Å²) in [6.07, 6.45) is 1.73. The Hall–Kier alpha value is -2.59. The summed E-state index contributed by atoms with van der Waals surface area (Å²) in [4.78, 5) is 8.76. The van der Waals surface area contributed by atoms with E-state index in [2.05, 4.69) is 51.8 Å². The molecule has 0 aliphatic heterocycles. The molecule has 1 heterocycles. The van der Waals surface area contributed by atoms with Gasteiger partial charge in [-0.3, -0.25) is 0 Å². The predicted molar refractivity (Wildman–Crippen MR) is 100 cm³/mol. The Kier molecular flexibility index (Phi) is 4.96. The highest BCUT2D eigenvalue weighted by Gasteiger charge is 2.05. The molecule has 0 unspecified atom stereocenters. The van der Waals surface area contributed by atoms with E-state index in [1.165, 1.54) is 11.1 Å². The van der Waals surface area contributed by atoms with Crippen molar-refractivity contribution in [1.29, 1.82) is 0 Å². The molecular formula is C19H19ClN4. The third-order valence-electron chi connectivity index (χ3n) is 3.76. The largest absolute Gasteiger partial charge is 0.366 e. The number of hydrogen-bond acceptors (Lipinski definition) is 4. The topological polar surface area (TPSA) is 49.8 Å². The molecule has 0 atom stereocenters. The summed E-state index contributed by atoms with van der Waals surface area (Å²) in [5, 5.41) is 7.24. The van der Waals surface area contributed by atoms with Gasteiger partial charge in [0.2, 0.25) is 5.95 Å². The van der Waals surface area contributed by atoms with Crippen molar-refractivity contribution in [3.05, 3.63) is 76.4 Å². The lowest BCUT2D eigenvalue weighted by molar-refractivity contribution is 1.08. The van der Waals surface area contributed by atoms with Gasteiger partial charge in [-0.15, -0.1) is 0 Å². The quantitative estimate of drug-likeness (QED) is 0.679. The summed E-state index contributed by atoms with van der Waals surface area (Å²) >= 11 is 6.15. The van der Waals surface area contributed by atoms with Gasteiger partial charge in [0.05, 0.1) is 0 Å². The molecule has 2 aromatic carbocycles. The van der Waals surface area contributed by atoms with Gasteiger partial charge >= 0.3 is 0 Å². The Morgan fingerprint density at radius 1 is 1.00 bits per heavy atom. The molecule has 0 saturated heterocycles. The highest BCUT2D eigenvalue weighted by Crippen LogP contribution is 2.25. The van der Waals surface area contributed by atoms with Crippen LogP contribution in [0.4, 0.5) is 17.5 Å². The Bertz CT molecular complexity index is 831. The summed E-state index contributed by atoms with van der Waals surface area (Å²) in [6.45, 7) is 4.76. The maximum atomic E-state index is 6.15. The van der Waals surface area contributed by atoms with Crippen LogP contribution in [-0.2, 0) is 6.54 Å². The molecule has 0 bridgehead atoms. The van der Waals surface area contributed by atoms with Gasteiger partial charge in [0.15, 0.2) is 0 Å². The maximum Gasteiger partial charge on any atom is 0.229 e. The normalized spacial score (nSPS) is 10.5. The van der Waals surface area contributed by atoms with Crippen molar-refractivity contribution in [2.45, 2.75) is 20.4 Å². The van der Waals surface area contributed by atoms with E-state index in [-0.39, 0.29) is 0 Å². The minimum atomic E-state index is 0.536. The SMILES string of the molecule is Cc1ccc(CNc2ccnc(Nc3cccc(Cl)c3C)n2)cc1. The minimum absolute atomic E-state index is 0.536. The molecule has 0 radical (unpaired) electrons. The second-order valence-corrected chi connectivity index (χ2v) is 6.05. The zero-order valence-corrected chi connectivity index (χ0v) is 14.4. The molecule has 122 valence electrons. The van der Waals surface area contributed by atoms with Crippen LogP contribution in [0.5, 0.6) is 0 Å². The molecule has 3 aromatic rings. The average Bonchev–Trinajstić information content (AvgIpc) is 2.59. The summed E-state index contributed by atoms with van der Waals surface area (Å²) < 4.78 is 0. The van der Waals surface area contributed by atoms with E-state index in [9.17, 15) is 0 Å². The van der Waals surface area contributed by atoms with Crippen molar-refractivity contribution in [2.75, 3.05) is 10.6 Å². The van der Waals surface area contributed by atoms with Gasteiger partial charge in [0.1, 0.15) is 5.82 Å². The summed E-state index contributed by atoms with van der Waals surface area (Å²) in [5.41, 5.74) is 4.34. The molecule has 0 aliphatic carbocycles. The van der Waals surface area contributed by atoms with E-state index >= 15 is 0 Å². The van der Waals surface area contributed by atoms with E-state index in [1.807, 2.05) is 31.2 Å². The predicted octanol–water partition coefficient (Wildman–Crippen LogP) is 5.10. The summed E-state index contributed by atoms with van der Waals surface area (Å²) in [7, 11) is 0. The van der Waals surface area contributed by atoms with E-state index in [0.29, 0.717) is 17.5 Å². The molecule has 0 saturated carbocycles. The van der Waals surface area contributed by atoms with Crippen LogP contribution < -0.4 is 10.6 Å². The molecule has 0 spiro atoms. The van der Waals surface area contributed by atoms with Crippen molar-refractivity contribution >= 4 is 29.1 Å². The number of hydrogen-bond donors (Lipinski definition) is 2. The first kappa shape index (κ1) is 16.3. The van der Waals surface area contributed by atoms with Crippen LogP contribution >= 0.6 is 11.6 Å². The number of nitrogens with zero attached hydrogens (tertiary/aromatic N) is 2. The number of benzene rings is 2. The summed E-state index contributed by atoms with van der Waals surface area (Å²) in [5.74, 6) is 1.31. The Labute approximate surface area is 146 Å². The smallest absolute Gasteiger partial charge is 0.229 e. The van der Waals surface area contributed by atoms with E-state index in [4.69, 9.17) is 11.6 Å². The average molecular weight is 339 g/mol. The monoisotopic (exact) mass is 338 g/mol. The van der Waals surface area contributed by atoms with Crippen molar-refractivity contribution in [1.82, 2.24) is 9.97 Å². The van der Waals surface area contributed by atoms with Crippen LogP contribution in [0, 0.1) is 13.8 Å². The van der Waals surface area contributed by atoms with Crippen LogP contribution in [-0.4, -0.2) is 9.97 Å². The summed E-state index contributed by atoms with van der Waals surface area (Å²) in [6, 6.07) is 16.0. The van der Waals surface area contributed by atoms with Crippen molar-refractivity contribution in [2.24, 2.45) is 0 Å². The molecule has 2 N–H and O–H groups in total. The van der Waals surface area contributed by atoms with Crippen molar-refractivity contribution in [3.8, 4) is 0 Å². The molecule has 0 aliphatic rings. The Balaban J connectivity index is 1.69. The van der Waals surface area contributed by atoms with Gasteiger partial charge < -0.3 is 10.6 Å². The molecule has 1 aromatic heterocycles. The van der Waals surface area contributed by atoms with Crippen LogP contribution in [0.25, 0.3) is 0 Å². The number of nitrogens with one attached hydrogen (secondary N) is 2. The molecule has 0 amide bonds. The Morgan fingerprint density at radius 2 is 1.79 bits per heavy atom. The second kappa shape index (κ2) is 7.32. The molecule has 3 rings (SSSR count). The molecule has 4 nitrogen and oxygen atoms in total. The van der Waals surface area contributed by atoms with Crippen molar-refractivity contribution < 1.29 is 0 Å². The Morgan fingerprint density at radius 3 is 2.58 bits per heavy atom. The fourth-order valence-corrected chi connectivity index (χ4v) is 2.45. The van der Waals surface area contributed by atoms with Crippen molar-refractivity contribution in [3.63, 3.8) is 0 Å². The van der Waals surface area contributed by atoms with Gasteiger partial charge in [0, 0.05) is 23.5 Å². The minimum Gasteiger partial charge on any atom is -0.366 e. The second-order valence-electron chi connectivity index (χ2n) is 5.64. The zero-order chi connectivity index (χ0) is 16.9. The highest BCUT2D eigenvalue weighted by molar-refractivity contribution is 6.31. The van der Waals surface area contributed by atoms with E-state index < -0.39 is 0 Å². The van der Waals surface area contributed by atoms with Crippen LogP contribution in [0.3, 0.4) is 0 Å². The van der Waals surface area contributed by atoms with Crippen LogP contribution in [0.2, 0.25) is 5.02 Å². The first-order chi connectivity index (χ1) is 11.6. The number of rotatable bonds is 5. The van der Waals surface area contributed by atoms with Gasteiger partial charge in [-0.1, -0.05) is 47.5 Å². The van der Waals surface area contributed by atoms with Gasteiger partial charge in [-0.05, 0) is 43.2 Å². The third kappa shape index (κ3) is 4.03. The van der Waals surface area contributed by atoms with Crippen LogP contribution in [0.15, 0.2) is 54.7 Å². The first-order valence-electron chi connectivity index (χ1n) is 7.76. The van der Waals surface area contributed by atoms with E-state index in [0.717, 1.165) is 17.1 Å². The van der Waals surface area contributed by atoms with Gasteiger partial charge in [-0.2, -0.15) is 4.98 Å². The fourth-order valence-electron chi connectivity index (χ4n) is 2.28. The van der Waals surface area contributed by atoms with E-state index in [1.54, 1.807) is 6.20 Å². The lowest BCUT2D eigenvalue weighted by Gasteiger charge is -2.11. The third-order valence-corrected chi connectivity index (χ3v) is 4.17. The standard InChI is InChI=1S/C19H19ClN4/c1-13-6-8-15(9-7-13)12-22-18-10-11-21-19(24-18)23-17-5-3-4-16(20)14(17)2/h3-11H,12H2,1-2H3,(H2,21,22,23,24). The highest BCUT2D eigenvalue weighted by atomic mass is 35.5. The molecular weight excluding hydrogens is 320 g/mol. The number of aromatic nitrogens is 2. The van der Waals surface area contributed by atoms with Gasteiger partial charge in [-0.25, -0.2) is 4.98 Å². The lowest BCUT2D eigenvalue weighted by atomic mass is 10.1. The molecule has 24 heavy (non-hydrogen) atoms. The lowest BCUT2D eigenvalue weighted by Crippen LogP contribution is -2.04. The number of anilines is 3. The fraction of sp³-hybridized carbons (Fsp3) is 0.158. The van der Waals surface area contributed by atoms with Crippen LogP contribution in [0.1, 0.15) is 16.7 Å². The zero-order valence-electron chi connectivity index (χ0n) is 13.7. The molecule has 5 heteroatoms. The molecule has 0 fully saturated rings. The van der Waals surface area contributed by atoms with Gasteiger partial charge in [0.25, 0.3) is 0 Å². The maximum absolute atomic E-state index is 6.15. The first-order valence-corrected chi connectivity index (χ1v) is 8.14. The number of halogens is 1.